The maximum Gasteiger partial charge on any atom is 0.0710 e. The summed E-state index contributed by atoms with van der Waals surface area (Å²) in [5, 5.41) is 2.07. The molecule has 0 radical (unpaired) electrons. The van der Waals surface area contributed by atoms with Crippen molar-refractivity contribution in [3.05, 3.63) is 0 Å². The van der Waals surface area contributed by atoms with Crippen LogP contribution in [-0.4, -0.2) is 24.8 Å². The zero-order valence-electron chi connectivity index (χ0n) is 8.80. The first-order valence-corrected chi connectivity index (χ1v) is 4.97. The van der Waals surface area contributed by atoms with Crippen molar-refractivity contribution in [3.63, 3.8) is 0 Å². The van der Waals surface area contributed by atoms with E-state index in [2.05, 4.69) is 17.4 Å². The zero-order chi connectivity index (χ0) is 9.56. The third kappa shape index (κ3) is 3.52. The Balaban J connectivity index is 0.000000561. The molecule has 74 valence electrons. The van der Waals surface area contributed by atoms with Crippen LogP contribution in [0, 0.1) is 5.92 Å². The Kier molecular flexibility index (Phi) is 6.34. The van der Waals surface area contributed by atoms with Crippen molar-refractivity contribution in [2.24, 2.45) is 11.7 Å². The molecule has 1 aliphatic heterocycles. The highest BCUT2D eigenvalue weighted by molar-refractivity contribution is 4.73. The van der Waals surface area contributed by atoms with Crippen molar-refractivity contribution >= 4 is 0 Å². The maximum absolute atomic E-state index is 5.83. The smallest absolute Gasteiger partial charge is 0.0710 e. The summed E-state index contributed by atoms with van der Waals surface area (Å²) in [6.45, 7) is 7.31. The minimum absolute atomic E-state index is 0.170. The molecule has 12 heavy (non-hydrogen) atoms. The van der Waals surface area contributed by atoms with E-state index in [0.717, 1.165) is 6.54 Å². The Morgan fingerprint density at radius 1 is 1.50 bits per heavy atom. The molecule has 0 saturated carbocycles. The second kappa shape index (κ2) is 6.40. The molecule has 0 aromatic carbocycles. The molecule has 1 fully saturated rings. The van der Waals surface area contributed by atoms with Crippen LogP contribution < -0.4 is 11.2 Å². The highest BCUT2D eigenvalue weighted by atomic mass is 15.5. The van der Waals surface area contributed by atoms with E-state index in [1.165, 1.54) is 12.8 Å². The quantitative estimate of drug-likeness (QED) is 0.625. The van der Waals surface area contributed by atoms with Gasteiger partial charge in [0, 0.05) is 13.6 Å². The van der Waals surface area contributed by atoms with Gasteiger partial charge < -0.3 is 5.73 Å². The van der Waals surface area contributed by atoms with Crippen LogP contribution in [0.5, 0.6) is 0 Å². The van der Waals surface area contributed by atoms with Gasteiger partial charge in [0.2, 0.25) is 0 Å². The van der Waals surface area contributed by atoms with Gasteiger partial charge in [0.25, 0.3) is 0 Å². The van der Waals surface area contributed by atoms with Crippen LogP contribution in [0.25, 0.3) is 0 Å². The summed E-state index contributed by atoms with van der Waals surface area (Å²) in [5.41, 5.74) is 9.02. The van der Waals surface area contributed by atoms with E-state index in [9.17, 15) is 0 Å². The molecule has 3 heteroatoms. The lowest BCUT2D eigenvalue weighted by Gasteiger charge is -2.34. The maximum atomic E-state index is 5.83. The van der Waals surface area contributed by atoms with Gasteiger partial charge in [-0.25, -0.2) is 10.4 Å². The topological polar surface area (TPSA) is 41.3 Å². The summed E-state index contributed by atoms with van der Waals surface area (Å²) < 4.78 is 0. The summed E-state index contributed by atoms with van der Waals surface area (Å²) in [5.74, 6) is 0.663. The van der Waals surface area contributed by atoms with Crippen molar-refractivity contribution in [1.29, 1.82) is 0 Å². The molecule has 1 heterocycles. The molecular weight excluding hydrogens is 150 g/mol. The number of nitrogens with one attached hydrogen (secondary N) is 1. The minimum atomic E-state index is 0.170. The first-order valence-electron chi connectivity index (χ1n) is 4.97. The lowest BCUT2D eigenvalue weighted by molar-refractivity contribution is 0.0996. The molecule has 1 aliphatic rings. The van der Waals surface area contributed by atoms with Crippen LogP contribution in [0.2, 0.25) is 0 Å². The number of rotatable bonds is 1. The van der Waals surface area contributed by atoms with Crippen molar-refractivity contribution in [2.75, 3.05) is 13.6 Å². The first kappa shape index (κ1) is 11.9. The first-order chi connectivity index (χ1) is 5.74. The number of hydrazine groups is 1. The van der Waals surface area contributed by atoms with E-state index >= 15 is 0 Å². The summed E-state index contributed by atoms with van der Waals surface area (Å²) in [6.07, 6.45) is 2.58. The number of nitrogens with zero attached hydrogens (tertiary/aromatic N) is 1. The molecule has 0 spiro atoms. The number of hydrogen-bond donors (Lipinski definition) is 2. The average molecular weight is 173 g/mol. The molecule has 1 saturated heterocycles. The van der Waals surface area contributed by atoms with Crippen LogP contribution in [0.4, 0.5) is 0 Å². The van der Waals surface area contributed by atoms with Gasteiger partial charge in [0.15, 0.2) is 0 Å². The van der Waals surface area contributed by atoms with Gasteiger partial charge in [0.1, 0.15) is 0 Å². The Bertz CT molecular complexity index is 106. The van der Waals surface area contributed by atoms with Crippen molar-refractivity contribution < 1.29 is 0 Å². The van der Waals surface area contributed by atoms with Crippen molar-refractivity contribution in [2.45, 2.75) is 39.8 Å². The third-order valence-electron chi connectivity index (χ3n) is 2.24. The Morgan fingerprint density at radius 3 is 2.50 bits per heavy atom. The summed E-state index contributed by atoms with van der Waals surface area (Å²) >= 11 is 0. The molecule has 0 amide bonds. The van der Waals surface area contributed by atoms with E-state index < -0.39 is 0 Å². The van der Waals surface area contributed by atoms with Crippen molar-refractivity contribution in [3.8, 4) is 0 Å². The molecule has 1 rings (SSSR count). The van der Waals surface area contributed by atoms with Crippen molar-refractivity contribution in [1.82, 2.24) is 10.4 Å². The highest BCUT2D eigenvalue weighted by Crippen LogP contribution is 2.14. The van der Waals surface area contributed by atoms with E-state index in [1.54, 1.807) is 0 Å². The second-order valence-corrected chi connectivity index (χ2v) is 3.03. The monoisotopic (exact) mass is 173 g/mol. The van der Waals surface area contributed by atoms with Gasteiger partial charge in [-0.05, 0) is 12.3 Å². The largest absolute Gasteiger partial charge is 0.315 e. The number of nitrogens with two attached hydrogens (primary N) is 1. The van der Waals surface area contributed by atoms with Gasteiger partial charge in [-0.1, -0.05) is 27.2 Å². The van der Waals surface area contributed by atoms with Gasteiger partial charge >= 0.3 is 0 Å². The lowest BCUT2D eigenvalue weighted by Crippen LogP contribution is -2.56. The molecule has 0 aliphatic carbocycles. The summed E-state index contributed by atoms with van der Waals surface area (Å²) in [4.78, 5) is 0. The lowest BCUT2D eigenvalue weighted by atomic mass is 9.98. The van der Waals surface area contributed by atoms with Gasteiger partial charge in [-0.15, -0.1) is 0 Å². The van der Waals surface area contributed by atoms with Crippen LogP contribution in [0.3, 0.4) is 0 Å². The predicted molar refractivity (Wildman–Crippen MR) is 53.5 cm³/mol. The summed E-state index contributed by atoms with van der Waals surface area (Å²) in [6, 6.07) is 0. The van der Waals surface area contributed by atoms with Crippen LogP contribution in [0.15, 0.2) is 0 Å². The second-order valence-electron chi connectivity index (χ2n) is 3.03. The molecule has 2 unspecified atom stereocenters. The molecular formula is C9H23N3. The van der Waals surface area contributed by atoms with E-state index in [-0.39, 0.29) is 6.17 Å². The fourth-order valence-electron chi connectivity index (χ4n) is 1.42. The normalized spacial score (nSPS) is 30.8. The molecule has 0 bridgehead atoms. The van der Waals surface area contributed by atoms with Gasteiger partial charge in [-0.2, -0.15) is 0 Å². The number of hydrogen-bond acceptors (Lipinski definition) is 3. The fraction of sp³-hybridized carbons (Fsp3) is 1.00. The fourth-order valence-corrected chi connectivity index (χ4v) is 1.42. The Labute approximate surface area is 76.3 Å². The van der Waals surface area contributed by atoms with Gasteiger partial charge in [-0.3, -0.25) is 0 Å². The van der Waals surface area contributed by atoms with E-state index in [4.69, 9.17) is 5.73 Å². The molecule has 0 aromatic rings. The SMILES string of the molecule is CC.CCC1CCN(C)NC1N. The van der Waals surface area contributed by atoms with Gasteiger partial charge in [0.05, 0.1) is 6.17 Å². The predicted octanol–water partition coefficient (Wildman–Crippen LogP) is 1.16. The van der Waals surface area contributed by atoms with Crippen LogP contribution in [-0.2, 0) is 0 Å². The molecule has 0 aromatic heterocycles. The van der Waals surface area contributed by atoms with Crippen LogP contribution >= 0.6 is 0 Å². The average Bonchev–Trinajstić information content (AvgIpc) is 2.08. The van der Waals surface area contributed by atoms with E-state index in [1.807, 2.05) is 20.9 Å². The van der Waals surface area contributed by atoms with Crippen LogP contribution in [0.1, 0.15) is 33.6 Å². The Morgan fingerprint density at radius 2 is 2.08 bits per heavy atom. The Hall–Kier alpha value is -0.120. The third-order valence-corrected chi connectivity index (χ3v) is 2.24. The molecule has 2 atom stereocenters. The summed E-state index contributed by atoms with van der Waals surface area (Å²) in [7, 11) is 2.03. The molecule has 3 nitrogen and oxygen atoms in total. The van der Waals surface area contributed by atoms with E-state index in [0.29, 0.717) is 5.92 Å². The highest BCUT2D eigenvalue weighted by Gasteiger charge is 2.21. The standard InChI is InChI=1S/C7H17N3.C2H6/c1-3-6-4-5-10(2)9-7(6)8;1-2/h6-7,9H,3-5,8H2,1-2H3;1-2H3. The minimum Gasteiger partial charge on any atom is -0.315 e. The molecule has 3 N–H and O–H groups in total. The zero-order valence-corrected chi connectivity index (χ0v) is 8.80.